The lowest BCUT2D eigenvalue weighted by Gasteiger charge is -2.39. The highest BCUT2D eigenvalue weighted by molar-refractivity contribution is 5.86. The van der Waals surface area contributed by atoms with Crippen molar-refractivity contribution >= 4 is 11.8 Å². The molecule has 1 atom stereocenters. The van der Waals surface area contributed by atoms with Crippen LogP contribution >= 0.6 is 0 Å². The first kappa shape index (κ1) is 18.2. The zero-order chi connectivity index (χ0) is 19.0. The van der Waals surface area contributed by atoms with Crippen LogP contribution in [0.2, 0.25) is 0 Å². The molecule has 0 aromatic heterocycles. The normalized spacial score (nSPS) is 25.3. The van der Waals surface area contributed by atoms with E-state index in [1.807, 2.05) is 4.90 Å². The van der Waals surface area contributed by atoms with E-state index in [0.717, 1.165) is 38.1 Å². The summed E-state index contributed by atoms with van der Waals surface area (Å²) in [6.45, 7) is 2.26. The molecule has 3 aliphatic rings. The molecule has 27 heavy (non-hydrogen) atoms. The predicted molar refractivity (Wildman–Crippen MR) is 94.0 cm³/mol. The molecule has 0 N–H and O–H groups in total. The lowest BCUT2D eigenvalue weighted by atomic mass is 9.78. The number of ether oxygens (including phenoxy) is 1. The highest BCUT2D eigenvalue weighted by Crippen LogP contribution is 2.41. The van der Waals surface area contributed by atoms with Gasteiger partial charge >= 0.3 is 0 Å². The third-order valence-electron chi connectivity index (χ3n) is 5.95. The topological polar surface area (TPSA) is 49.9 Å². The SMILES string of the molecule is O=C(COc1ccc(F)cc1F)N1CCC2(CCCN(CC3CC3)C2=O)C1. The highest BCUT2D eigenvalue weighted by atomic mass is 19.1. The Hall–Kier alpha value is -2.18. The van der Waals surface area contributed by atoms with Gasteiger partial charge in [-0.2, -0.15) is 0 Å². The Kier molecular flexibility index (Phi) is 4.78. The lowest BCUT2D eigenvalue weighted by Crippen LogP contribution is -2.51. The number of hydrogen-bond donors (Lipinski definition) is 0. The van der Waals surface area contributed by atoms with Crippen molar-refractivity contribution in [3.63, 3.8) is 0 Å². The summed E-state index contributed by atoms with van der Waals surface area (Å²) in [5.41, 5.74) is -0.468. The second-order valence-electron chi connectivity index (χ2n) is 8.01. The molecule has 1 unspecified atom stereocenters. The van der Waals surface area contributed by atoms with E-state index in [1.165, 1.54) is 18.9 Å². The average molecular weight is 378 g/mol. The van der Waals surface area contributed by atoms with Crippen molar-refractivity contribution in [1.82, 2.24) is 9.80 Å². The number of nitrogens with zero attached hydrogens (tertiary/aromatic N) is 2. The molecule has 0 bridgehead atoms. The van der Waals surface area contributed by atoms with E-state index in [0.29, 0.717) is 25.4 Å². The minimum atomic E-state index is -0.834. The monoisotopic (exact) mass is 378 g/mol. The molecule has 2 amide bonds. The molecule has 1 aromatic rings. The van der Waals surface area contributed by atoms with Crippen LogP contribution < -0.4 is 4.74 Å². The number of carbonyl (C=O) groups excluding carboxylic acids is 2. The third kappa shape index (κ3) is 3.77. The van der Waals surface area contributed by atoms with Crippen LogP contribution in [0.5, 0.6) is 5.75 Å². The lowest BCUT2D eigenvalue weighted by molar-refractivity contribution is -0.146. The van der Waals surface area contributed by atoms with Crippen LogP contribution in [0.4, 0.5) is 8.78 Å². The number of rotatable bonds is 5. The maximum Gasteiger partial charge on any atom is 0.260 e. The molecule has 4 rings (SSSR count). The Bertz CT molecular complexity index is 753. The Morgan fingerprint density at radius 3 is 2.78 bits per heavy atom. The van der Waals surface area contributed by atoms with Gasteiger partial charge in [-0.05, 0) is 50.2 Å². The Morgan fingerprint density at radius 2 is 2.04 bits per heavy atom. The maximum absolute atomic E-state index is 13.6. The second-order valence-corrected chi connectivity index (χ2v) is 8.01. The van der Waals surface area contributed by atoms with Crippen molar-refractivity contribution in [3.05, 3.63) is 29.8 Å². The Morgan fingerprint density at radius 1 is 1.22 bits per heavy atom. The average Bonchev–Trinajstić information content (AvgIpc) is 3.35. The number of hydrogen-bond acceptors (Lipinski definition) is 3. The molecule has 1 saturated carbocycles. The summed E-state index contributed by atoms with van der Waals surface area (Å²) in [6, 6.07) is 2.98. The fourth-order valence-corrected chi connectivity index (χ4v) is 4.23. The van der Waals surface area contributed by atoms with Crippen molar-refractivity contribution in [2.75, 3.05) is 32.8 Å². The first-order chi connectivity index (χ1) is 13.0. The van der Waals surface area contributed by atoms with E-state index in [9.17, 15) is 18.4 Å². The van der Waals surface area contributed by atoms with Crippen LogP contribution in [-0.2, 0) is 9.59 Å². The summed E-state index contributed by atoms with van der Waals surface area (Å²) in [6.07, 6.45) is 4.86. The van der Waals surface area contributed by atoms with Gasteiger partial charge in [0, 0.05) is 32.2 Å². The van der Waals surface area contributed by atoms with Crippen molar-refractivity contribution in [2.24, 2.45) is 11.3 Å². The van der Waals surface area contributed by atoms with E-state index >= 15 is 0 Å². The molecule has 0 radical (unpaired) electrons. The summed E-state index contributed by atoms with van der Waals surface area (Å²) >= 11 is 0. The summed E-state index contributed by atoms with van der Waals surface area (Å²) < 4.78 is 31.8. The van der Waals surface area contributed by atoms with Crippen LogP contribution in [0.25, 0.3) is 0 Å². The molecule has 7 heteroatoms. The number of piperidine rings is 1. The largest absolute Gasteiger partial charge is 0.481 e. The molecule has 3 fully saturated rings. The first-order valence-electron chi connectivity index (χ1n) is 9.62. The molecule has 5 nitrogen and oxygen atoms in total. The van der Waals surface area contributed by atoms with Crippen LogP contribution in [-0.4, -0.2) is 54.4 Å². The second kappa shape index (κ2) is 7.09. The minimum absolute atomic E-state index is 0.150. The van der Waals surface area contributed by atoms with Crippen LogP contribution in [0, 0.1) is 23.0 Å². The van der Waals surface area contributed by atoms with Gasteiger partial charge in [-0.15, -0.1) is 0 Å². The molecule has 2 aliphatic heterocycles. The Balaban J connectivity index is 1.35. The van der Waals surface area contributed by atoms with Crippen molar-refractivity contribution in [1.29, 1.82) is 0 Å². The number of halogens is 2. The summed E-state index contributed by atoms with van der Waals surface area (Å²) in [5.74, 6) is -1.12. The van der Waals surface area contributed by atoms with E-state index < -0.39 is 17.0 Å². The number of amides is 2. The molecule has 146 valence electrons. The maximum atomic E-state index is 13.6. The van der Waals surface area contributed by atoms with Gasteiger partial charge in [-0.3, -0.25) is 9.59 Å². The third-order valence-corrected chi connectivity index (χ3v) is 5.95. The summed E-state index contributed by atoms with van der Waals surface area (Å²) in [5, 5.41) is 0. The van der Waals surface area contributed by atoms with Crippen molar-refractivity contribution in [3.8, 4) is 5.75 Å². The van der Waals surface area contributed by atoms with Gasteiger partial charge in [0.1, 0.15) is 5.82 Å². The first-order valence-corrected chi connectivity index (χ1v) is 9.62. The van der Waals surface area contributed by atoms with Crippen LogP contribution in [0.3, 0.4) is 0 Å². The highest BCUT2D eigenvalue weighted by Gasteiger charge is 2.49. The van der Waals surface area contributed by atoms with E-state index in [-0.39, 0.29) is 24.2 Å². The number of benzene rings is 1. The molecular formula is C20H24F2N2O3. The van der Waals surface area contributed by atoms with Gasteiger partial charge in [-0.1, -0.05) is 0 Å². The van der Waals surface area contributed by atoms with Gasteiger partial charge in [0.05, 0.1) is 5.41 Å². The molecule has 1 spiro atoms. The van der Waals surface area contributed by atoms with Crippen LogP contribution in [0.15, 0.2) is 18.2 Å². The summed E-state index contributed by atoms with van der Waals surface area (Å²) in [4.78, 5) is 29.1. The molecule has 1 aromatic carbocycles. The fourth-order valence-electron chi connectivity index (χ4n) is 4.23. The zero-order valence-electron chi connectivity index (χ0n) is 15.3. The van der Waals surface area contributed by atoms with Crippen LogP contribution in [0.1, 0.15) is 32.1 Å². The zero-order valence-corrected chi connectivity index (χ0v) is 15.3. The van der Waals surface area contributed by atoms with E-state index in [4.69, 9.17) is 4.74 Å². The summed E-state index contributed by atoms with van der Waals surface area (Å²) in [7, 11) is 0. The van der Waals surface area contributed by atoms with Gasteiger partial charge in [0.25, 0.3) is 5.91 Å². The molecule has 2 saturated heterocycles. The molecular weight excluding hydrogens is 354 g/mol. The van der Waals surface area contributed by atoms with Gasteiger partial charge in [0.2, 0.25) is 5.91 Å². The van der Waals surface area contributed by atoms with Crippen molar-refractivity contribution in [2.45, 2.75) is 32.1 Å². The van der Waals surface area contributed by atoms with Gasteiger partial charge in [0.15, 0.2) is 18.2 Å². The predicted octanol–water partition coefficient (Wildman–Crippen LogP) is 2.59. The quantitative estimate of drug-likeness (QED) is 0.791. The molecule has 1 aliphatic carbocycles. The smallest absolute Gasteiger partial charge is 0.260 e. The van der Waals surface area contributed by atoms with Gasteiger partial charge < -0.3 is 14.5 Å². The standard InChI is InChI=1S/C20H24F2N2O3/c21-15-4-5-17(16(22)10-15)27-12-18(25)24-9-7-20(13-24)6-1-8-23(19(20)26)11-14-2-3-14/h4-5,10,14H,1-3,6-9,11-13H2. The minimum Gasteiger partial charge on any atom is -0.481 e. The number of carbonyl (C=O) groups is 2. The van der Waals surface area contributed by atoms with E-state index in [1.54, 1.807) is 4.90 Å². The van der Waals surface area contributed by atoms with Crippen molar-refractivity contribution < 1.29 is 23.1 Å². The molecule has 2 heterocycles. The number of likely N-dealkylation sites (tertiary alicyclic amines) is 2. The fraction of sp³-hybridized carbons (Fsp3) is 0.600. The van der Waals surface area contributed by atoms with Gasteiger partial charge in [-0.25, -0.2) is 8.78 Å². The Labute approximate surface area is 157 Å². The van der Waals surface area contributed by atoms with E-state index in [2.05, 4.69) is 0 Å².